The number of nitrogens with zero attached hydrogens (tertiary/aromatic N) is 2. The molecule has 134 valence electrons. The number of benzene rings is 1. The Hall–Kier alpha value is -3.06. The van der Waals surface area contributed by atoms with Gasteiger partial charge in [0.2, 0.25) is 0 Å². The largest absolute Gasteiger partial charge is 0.497 e. The molecule has 0 fully saturated rings. The highest BCUT2D eigenvalue weighted by Gasteiger charge is 2.43. The minimum Gasteiger partial charge on any atom is -0.497 e. The van der Waals surface area contributed by atoms with Crippen molar-refractivity contribution < 1.29 is 18.7 Å². The Morgan fingerprint density at radius 2 is 2.15 bits per heavy atom. The topological polar surface area (TPSA) is 80.6 Å². The third kappa shape index (κ3) is 2.57. The number of hydrogen-bond donors (Lipinski definition) is 1. The molecule has 1 N–H and O–H groups in total. The van der Waals surface area contributed by atoms with Crippen molar-refractivity contribution in [3.63, 3.8) is 0 Å². The number of aromatic nitrogens is 2. The molecule has 1 amide bonds. The number of fused-ring (bicyclic) bond motifs is 1. The Bertz CT molecular complexity index is 917. The lowest BCUT2D eigenvalue weighted by Crippen LogP contribution is -2.32. The van der Waals surface area contributed by atoms with Gasteiger partial charge in [-0.1, -0.05) is 12.1 Å². The number of amides is 1. The molecule has 0 saturated heterocycles. The smallest absolute Gasteiger partial charge is 0.273 e. The number of aromatic amines is 1. The predicted octanol–water partition coefficient (Wildman–Crippen LogP) is 2.87. The summed E-state index contributed by atoms with van der Waals surface area (Å²) >= 11 is 0. The van der Waals surface area contributed by atoms with E-state index in [9.17, 15) is 4.79 Å². The van der Waals surface area contributed by atoms with E-state index in [1.54, 1.807) is 25.4 Å². The predicted molar refractivity (Wildman–Crippen MR) is 94.0 cm³/mol. The second-order valence-corrected chi connectivity index (χ2v) is 6.00. The SMILES string of the molecule is COCCN1C(=O)c2[nH]nc(-c3cccc(OC)c3)c2[C@H]1c1ccco1. The Balaban J connectivity index is 1.83. The number of H-pyrrole nitrogens is 1. The molecule has 0 spiro atoms. The Morgan fingerprint density at radius 3 is 2.88 bits per heavy atom. The Morgan fingerprint density at radius 1 is 1.27 bits per heavy atom. The number of furan rings is 1. The summed E-state index contributed by atoms with van der Waals surface area (Å²) in [5, 5.41) is 7.31. The van der Waals surface area contributed by atoms with Gasteiger partial charge in [0, 0.05) is 24.8 Å². The first-order valence-electron chi connectivity index (χ1n) is 8.30. The molecule has 0 unspecified atom stereocenters. The first-order valence-corrected chi connectivity index (χ1v) is 8.30. The van der Waals surface area contributed by atoms with Crippen LogP contribution >= 0.6 is 0 Å². The van der Waals surface area contributed by atoms with Gasteiger partial charge in [-0.25, -0.2) is 0 Å². The summed E-state index contributed by atoms with van der Waals surface area (Å²) in [4.78, 5) is 14.7. The van der Waals surface area contributed by atoms with Crippen molar-refractivity contribution in [3.8, 4) is 17.0 Å². The average Bonchev–Trinajstić information content (AvgIpc) is 3.38. The van der Waals surface area contributed by atoms with Gasteiger partial charge in [-0.2, -0.15) is 5.10 Å². The van der Waals surface area contributed by atoms with Crippen LogP contribution in [-0.2, 0) is 4.74 Å². The van der Waals surface area contributed by atoms with Gasteiger partial charge in [-0.05, 0) is 24.3 Å². The van der Waals surface area contributed by atoms with Crippen LogP contribution in [0.15, 0.2) is 47.1 Å². The van der Waals surface area contributed by atoms with E-state index in [2.05, 4.69) is 10.2 Å². The van der Waals surface area contributed by atoms with Gasteiger partial charge in [-0.15, -0.1) is 0 Å². The first kappa shape index (κ1) is 16.4. The molecule has 2 aromatic heterocycles. The maximum Gasteiger partial charge on any atom is 0.273 e. The molecule has 26 heavy (non-hydrogen) atoms. The quantitative estimate of drug-likeness (QED) is 0.737. The van der Waals surface area contributed by atoms with Crippen molar-refractivity contribution in [1.82, 2.24) is 15.1 Å². The summed E-state index contributed by atoms with van der Waals surface area (Å²) in [6.07, 6.45) is 1.61. The van der Waals surface area contributed by atoms with Gasteiger partial charge in [0.25, 0.3) is 5.91 Å². The van der Waals surface area contributed by atoms with E-state index in [1.807, 2.05) is 36.4 Å². The summed E-state index contributed by atoms with van der Waals surface area (Å²) < 4.78 is 16.1. The molecule has 0 saturated carbocycles. The summed E-state index contributed by atoms with van der Waals surface area (Å²) in [5.41, 5.74) is 2.89. The van der Waals surface area contributed by atoms with Gasteiger partial charge < -0.3 is 18.8 Å². The van der Waals surface area contributed by atoms with Crippen LogP contribution in [0.3, 0.4) is 0 Å². The molecule has 1 atom stereocenters. The van der Waals surface area contributed by atoms with Crippen LogP contribution < -0.4 is 4.74 Å². The number of carbonyl (C=O) groups excluding carboxylic acids is 1. The number of hydrogen-bond acceptors (Lipinski definition) is 5. The van der Waals surface area contributed by atoms with E-state index in [4.69, 9.17) is 13.9 Å². The molecule has 3 heterocycles. The van der Waals surface area contributed by atoms with E-state index < -0.39 is 0 Å². The Labute approximate surface area is 150 Å². The number of nitrogens with one attached hydrogen (secondary N) is 1. The third-order valence-corrected chi connectivity index (χ3v) is 4.56. The summed E-state index contributed by atoms with van der Waals surface area (Å²) in [5.74, 6) is 1.31. The van der Waals surface area contributed by atoms with Crippen molar-refractivity contribution in [2.75, 3.05) is 27.4 Å². The number of methoxy groups -OCH3 is 2. The van der Waals surface area contributed by atoms with E-state index in [0.29, 0.717) is 30.3 Å². The molecule has 0 bridgehead atoms. The number of carbonyl (C=O) groups is 1. The highest BCUT2D eigenvalue weighted by atomic mass is 16.5. The average molecular weight is 353 g/mol. The van der Waals surface area contributed by atoms with E-state index in [0.717, 1.165) is 16.9 Å². The van der Waals surface area contributed by atoms with Gasteiger partial charge in [0.05, 0.1) is 25.7 Å². The molecular weight excluding hydrogens is 334 g/mol. The second-order valence-electron chi connectivity index (χ2n) is 6.00. The Kier molecular flexibility index (Phi) is 4.22. The maximum absolute atomic E-state index is 12.9. The highest BCUT2D eigenvalue weighted by molar-refractivity contribution is 6.00. The van der Waals surface area contributed by atoms with Crippen molar-refractivity contribution in [3.05, 3.63) is 59.7 Å². The fourth-order valence-electron chi connectivity index (χ4n) is 3.35. The van der Waals surface area contributed by atoms with Crippen molar-refractivity contribution in [2.24, 2.45) is 0 Å². The second kappa shape index (κ2) is 6.68. The van der Waals surface area contributed by atoms with Crippen LogP contribution in [0, 0.1) is 0 Å². The fraction of sp³-hybridized carbons (Fsp3) is 0.263. The number of rotatable bonds is 6. The van der Waals surface area contributed by atoms with E-state index >= 15 is 0 Å². The maximum atomic E-state index is 12.9. The lowest BCUT2D eigenvalue weighted by Gasteiger charge is -2.24. The molecule has 4 rings (SSSR count). The summed E-state index contributed by atoms with van der Waals surface area (Å²) in [7, 11) is 3.24. The zero-order valence-corrected chi connectivity index (χ0v) is 14.6. The molecule has 1 aromatic carbocycles. The normalized spacial score (nSPS) is 16.2. The molecular formula is C19H19N3O4. The first-order chi connectivity index (χ1) is 12.7. The molecule has 7 nitrogen and oxygen atoms in total. The van der Waals surface area contributed by atoms with Crippen LogP contribution in [-0.4, -0.2) is 48.4 Å². The van der Waals surface area contributed by atoms with Crippen LogP contribution in [0.2, 0.25) is 0 Å². The molecule has 0 aliphatic carbocycles. The molecule has 1 aliphatic rings. The minimum atomic E-state index is -0.345. The van der Waals surface area contributed by atoms with Gasteiger partial charge in [0.15, 0.2) is 0 Å². The van der Waals surface area contributed by atoms with Crippen molar-refractivity contribution in [1.29, 1.82) is 0 Å². The summed E-state index contributed by atoms with van der Waals surface area (Å²) in [6, 6.07) is 11.0. The fourth-order valence-corrected chi connectivity index (χ4v) is 3.35. The zero-order chi connectivity index (χ0) is 18.1. The minimum absolute atomic E-state index is 0.111. The van der Waals surface area contributed by atoms with Crippen LogP contribution in [0.25, 0.3) is 11.3 Å². The van der Waals surface area contributed by atoms with E-state index in [1.165, 1.54) is 0 Å². The molecule has 1 aliphatic heterocycles. The molecule has 3 aromatic rings. The van der Waals surface area contributed by atoms with Crippen LogP contribution in [0.1, 0.15) is 27.9 Å². The van der Waals surface area contributed by atoms with Gasteiger partial charge >= 0.3 is 0 Å². The zero-order valence-electron chi connectivity index (χ0n) is 14.6. The van der Waals surface area contributed by atoms with Crippen LogP contribution in [0.5, 0.6) is 5.75 Å². The number of ether oxygens (including phenoxy) is 2. The lowest BCUT2D eigenvalue weighted by atomic mass is 10.00. The van der Waals surface area contributed by atoms with Gasteiger partial charge in [0.1, 0.15) is 23.2 Å². The van der Waals surface area contributed by atoms with Crippen molar-refractivity contribution in [2.45, 2.75) is 6.04 Å². The van der Waals surface area contributed by atoms with Gasteiger partial charge in [-0.3, -0.25) is 9.89 Å². The third-order valence-electron chi connectivity index (χ3n) is 4.56. The van der Waals surface area contributed by atoms with E-state index in [-0.39, 0.29) is 11.9 Å². The summed E-state index contributed by atoms with van der Waals surface area (Å²) in [6.45, 7) is 0.899. The lowest BCUT2D eigenvalue weighted by molar-refractivity contribution is 0.0660. The molecule has 7 heteroatoms. The van der Waals surface area contributed by atoms with Crippen LogP contribution in [0.4, 0.5) is 0 Å². The van der Waals surface area contributed by atoms with Crippen molar-refractivity contribution >= 4 is 5.91 Å². The highest BCUT2D eigenvalue weighted by Crippen LogP contribution is 2.43. The monoisotopic (exact) mass is 353 g/mol. The molecule has 0 radical (unpaired) electrons. The standard InChI is InChI=1S/C19H19N3O4/c1-24-10-8-22-18(14-7-4-9-26-14)15-16(20-21-17(15)19(22)23)12-5-3-6-13(11-12)25-2/h3-7,9,11,18H,8,10H2,1-2H3,(H,20,21)/t18-/m1/s1.